The zero-order chi connectivity index (χ0) is 63.2. The molecule has 0 aliphatic rings. The molecule has 474 valence electrons. The van der Waals surface area contributed by atoms with Crippen LogP contribution in [0.4, 0.5) is 0 Å². The molecular formula is C69H96N6O12. The molecule has 0 aliphatic carbocycles. The van der Waals surface area contributed by atoms with Gasteiger partial charge in [0.1, 0.15) is 34.5 Å². The lowest BCUT2D eigenvalue weighted by Crippen LogP contribution is -2.10. The van der Waals surface area contributed by atoms with Crippen molar-refractivity contribution in [2.24, 2.45) is 30.0 Å². The molecule has 0 heterocycles. The number of phenolic OH excluding ortho intramolecular Hbond substituents is 6. The molecule has 0 saturated heterocycles. The smallest absolute Gasteiger partial charge is 0.338 e. The summed E-state index contributed by atoms with van der Waals surface area (Å²) in [5.41, 5.74) is 2.73. The van der Waals surface area contributed by atoms with Gasteiger partial charge in [-0.1, -0.05) is 117 Å². The summed E-state index contributed by atoms with van der Waals surface area (Å²) in [5.74, 6) is -2.84. The fraction of sp³-hybridized carbons (Fsp3) is 0.522. The van der Waals surface area contributed by atoms with Crippen molar-refractivity contribution in [3.63, 3.8) is 0 Å². The van der Waals surface area contributed by atoms with Gasteiger partial charge in [-0.3, -0.25) is 30.0 Å². The number of phenols is 6. The SMILES string of the molecule is CCCCCCCCOC(=O)c1ccc(O)c(C=NCCCN=C(C)c2c(O)c(C(C)=NCCCN=Cc3cc(C(=O)OCCCCCCCC)ccc3O)c(O)c(C(C)=NCCCN=Cc3cc(C(=O)OCCCCCCCC)ccc3O)c2O)c1. The van der Waals surface area contributed by atoms with Crippen LogP contribution in [0.25, 0.3) is 0 Å². The van der Waals surface area contributed by atoms with Crippen molar-refractivity contribution < 1.29 is 59.2 Å². The zero-order valence-corrected chi connectivity index (χ0v) is 52.5. The van der Waals surface area contributed by atoms with Crippen LogP contribution in [-0.2, 0) is 14.2 Å². The third-order valence-corrected chi connectivity index (χ3v) is 14.6. The summed E-state index contributed by atoms with van der Waals surface area (Å²) in [6.07, 6.45) is 25.0. The summed E-state index contributed by atoms with van der Waals surface area (Å²) in [7, 11) is 0. The molecule has 0 aromatic heterocycles. The van der Waals surface area contributed by atoms with E-state index < -0.39 is 35.2 Å². The average molecular weight is 1200 g/mol. The van der Waals surface area contributed by atoms with E-state index >= 15 is 0 Å². The molecular weight excluding hydrogens is 1100 g/mol. The normalized spacial score (nSPS) is 12.3. The average Bonchev–Trinajstić information content (AvgIpc) is 1.10. The highest BCUT2D eigenvalue weighted by Crippen LogP contribution is 2.43. The van der Waals surface area contributed by atoms with Gasteiger partial charge < -0.3 is 44.8 Å². The molecule has 18 nitrogen and oxygen atoms in total. The van der Waals surface area contributed by atoms with E-state index in [9.17, 15) is 45.0 Å². The van der Waals surface area contributed by atoms with Crippen molar-refractivity contribution in [1.29, 1.82) is 0 Å². The van der Waals surface area contributed by atoms with E-state index in [4.69, 9.17) is 14.2 Å². The first-order valence-corrected chi connectivity index (χ1v) is 31.5. The van der Waals surface area contributed by atoms with Crippen LogP contribution in [0.1, 0.15) is 241 Å². The third kappa shape index (κ3) is 25.5. The standard InChI is InChI=1S/C69H96N6O12/c1-7-10-13-16-19-22-40-85-67(82)52-28-31-58(76)55(43-52)46-70-34-25-37-73-49(4)61-64(79)62(50(5)74-38-26-35-71-47-56-44-53(29-32-59(56)77)68(83)86-41-23-20-17-14-11-8-2)66(81)63(65(61)80)51(6)75-39-27-36-72-48-57-45-54(30-33-60(57)78)69(84)87-42-24-21-18-15-12-9-3/h28-33,43-48,76-81H,7-27,34-42H2,1-6H3. The molecule has 18 heteroatoms. The molecule has 0 atom stereocenters. The highest BCUT2D eigenvalue weighted by molar-refractivity contribution is 6.16. The van der Waals surface area contributed by atoms with E-state index in [2.05, 4.69) is 50.7 Å². The lowest BCUT2D eigenvalue weighted by molar-refractivity contribution is 0.0488. The van der Waals surface area contributed by atoms with Crippen LogP contribution in [0.15, 0.2) is 84.6 Å². The van der Waals surface area contributed by atoms with E-state index in [1.54, 1.807) is 20.8 Å². The number of carbonyl (C=O) groups is 3. The molecule has 0 radical (unpaired) electrons. The zero-order valence-electron chi connectivity index (χ0n) is 52.5. The largest absolute Gasteiger partial charge is 0.507 e. The van der Waals surface area contributed by atoms with Crippen LogP contribution in [0.2, 0.25) is 0 Å². The van der Waals surface area contributed by atoms with Gasteiger partial charge in [0.05, 0.1) is 53.2 Å². The summed E-state index contributed by atoms with van der Waals surface area (Å²) in [5, 5.41) is 67.2. The quantitative estimate of drug-likeness (QED) is 0.0105. The Hall–Kier alpha value is -7.89. The van der Waals surface area contributed by atoms with Gasteiger partial charge in [0.25, 0.3) is 0 Å². The summed E-state index contributed by atoms with van der Waals surface area (Å²) >= 11 is 0. The maximum Gasteiger partial charge on any atom is 0.338 e. The first-order chi connectivity index (χ1) is 42.1. The van der Waals surface area contributed by atoms with Crippen LogP contribution < -0.4 is 0 Å². The van der Waals surface area contributed by atoms with Crippen molar-refractivity contribution in [2.75, 3.05) is 59.1 Å². The van der Waals surface area contributed by atoms with Crippen LogP contribution >= 0.6 is 0 Å². The molecule has 0 bridgehead atoms. The summed E-state index contributed by atoms with van der Waals surface area (Å²) < 4.78 is 16.4. The molecule has 0 aliphatic heterocycles. The number of hydrogen-bond donors (Lipinski definition) is 6. The van der Waals surface area contributed by atoms with Crippen LogP contribution in [0.3, 0.4) is 0 Å². The number of esters is 3. The number of aliphatic imine (C=N–C) groups is 6. The number of hydrogen-bond acceptors (Lipinski definition) is 18. The minimum Gasteiger partial charge on any atom is -0.507 e. The van der Waals surface area contributed by atoms with E-state index in [1.807, 2.05) is 0 Å². The Morgan fingerprint density at radius 1 is 0.356 bits per heavy atom. The Kier molecular flexibility index (Phi) is 33.9. The summed E-state index contributed by atoms with van der Waals surface area (Å²) in [6.45, 7) is 13.9. The second-order valence-electron chi connectivity index (χ2n) is 21.8. The van der Waals surface area contributed by atoms with Crippen molar-refractivity contribution >= 4 is 53.7 Å². The van der Waals surface area contributed by atoms with Gasteiger partial charge in [0, 0.05) is 91.7 Å². The summed E-state index contributed by atoms with van der Waals surface area (Å²) in [4.78, 5) is 65.6. The van der Waals surface area contributed by atoms with Crippen LogP contribution in [-0.4, -0.2) is 143 Å². The first-order valence-electron chi connectivity index (χ1n) is 31.5. The van der Waals surface area contributed by atoms with E-state index in [-0.39, 0.29) is 70.7 Å². The van der Waals surface area contributed by atoms with E-state index in [1.165, 1.54) is 112 Å². The number of nitrogens with zero attached hydrogens (tertiary/aromatic N) is 6. The van der Waals surface area contributed by atoms with Gasteiger partial charge in [-0.05, 0) is 114 Å². The molecule has 6 N–H and O–H groups in total. The van der Waals surface area contributed by atoms with E-state index in [0.29, 0.717) is 92.1 Å². The fourth-order valence-electron chi connectivity index (χ4n) is 9.44. The number of aromatic hydroxyl groups is 6. The molecule has 4 rings (SSSR count). The predicted molar refractivity (Wildman–Crippen MR) is 349 cm³/mol. The lowest BCUT2D eigenvalue weighted by atomic mass is 9.93. The molecule has 0 amide bonds. The molecule has 4 aromatic carbocycles. The van der Waals surface area contributed by atoms with Crippen molar-refractivity contribution in [3.05, 3.63) is 105 Å². The third-order valence-electron chi connectivity index (χ3n) is 14.6. The minimum atomic E-state index is -0.470. The molecule has 0 fully saturated rings. The number of benzene rings is 4. The first kappa shape index (κ1) is 71.6. The van der Waals surface area contributed by atoms with Crippen molar-refractivity contribution in [1.82, 2.24) is 0 Å². The molecule has 0 spiro atoms. The van der Waals surface area contributed by atoms with Crippen molar-refractivity contribution in [2.45, 2.75) is 176 Å². The Labute approximate surface area is 515 Å². The molecule has 0 unspecified atom stereocenters. The maximum absolute atomic E-state index is 12.8. The summed E-state index contributed by atoms with van der Waals surface area (Å²) in [6, 6.07) is 13.4. The number of carbonyl (C=O) groups excluding carboxylic acids is 3. The number of unbranched alkanes of at least 4 members (excludes halogenated alkanes) is 15. The highest BCUT2D eigenvalue weighted by Gasteiger charge is 2.28. The molecule has 0 saturated carbocycles. The van der Waals surface area contributed by atoms with Gasteiger partial charge in [0.15, 0.2) is 0 Å². The van der Waals surface area contributed by atoms with Gasteiger partial charge in [-0.15, -0.1) is 0 Å². The van der Waals surface area contributed by atoms with Gasteiger partial charge in [-0.25, -0.2) is 14.4 Å². The molecule has 4 aromatic rings. The Morgan fingerprint density at radius 2 is 0.609 bits per heavy atom. The van der Waals surface area contributed by atoms with E-state index in [0.717, 1.165) is 77.0 Å². The van der Waals surface area contributed by atoms with Crippen LogP contribution in [0.5, 0.6) is 34.5 Å². The van der Waals surface area contributed by atoms with Crippen LogP contribution in [0, 0.1) is 0 Å². The Morgan fingerprint density at radius 3 is 0.874 bits per heavy atom. The lowest BCUT2D eigenvalue weighted by Gasteiger charge is -2.18. The minimum absolute atomic E-state index is 0.0219. The maximum atomic E-state index is 12.8. The second kappa shape index (κ2) is 41.2. The Bertz CT molecular complexity index is 2650. The Balaban J connectivity index is 1.47. The predicted octanol–water partition coefficient (Wildman–Crippen LogP) is 14.4. The topological polar surface area (TPSA) is 274 Å². The highest BCUT2D eigenvalue weighted by atomic mass is 16.5. The van der Waals surface area contributed by atoms with Gasteiger partial charge in [-0.2, -0.15) is 0 Å². The fourth-order valence-corrected chi connectivity index (χ4v) is 9.44. The monoisotopic (exact) mass is 1200 g/mol. The number of rotatable bonds is 42. The van der Waals surface area contributed by atoms with Crippen molar-refractivity contribution in [3.8, 4) is 34.5 Å². The molecule has 87 heavy (non-hydrogen) atoms. The second-order valence-corrected chi connectivity index (χ2v) is 21.8. The van der Waals surface area contributed by atoms with Gasteiger partial charge in [0.2, 0.25) is 0 Å². The van der Waals surface area contributed by atoms with Gasteiger partial charge >= 0.3 is 17.9 Å². The number of ether oxygens (including phenoxy) is 3.